The Morgan fingerprint density at radius 2 is 2.00 bits per heavy atom. The zero-order valence-corrected chi connectivity index (χ0v) is 16.1. The van der Waals surface area contributed by atoms with Crippen molar-refractivity contribution >= 4 is 27.4 Å². The Balaban J connectivity index is 1.83. The minimum absolute atomic E-state index is 0.139. The number of amides is 1. The van der Waals surface area contributed by atoms with Crippen LogP contribution in [-0.4, -0.2) is 38.9 Å². The van der Waals surface area contributed by atoms with Crippen LogP contribution in [0.2, 0.25) is 0 Å². The molecule has 0 spiro atoms. The molecule has 1 aromatic carbocycles. The summed E-state index contributed by atoms with van der Waals surface area (Å²) in [6.07, 6.45) is 3.01. The summed E-state index contributed by atoms with van der Waals surface area (Å²) in [5.74, 6) is 0.153. The first kappa shape index (κ1) is 19.2. The fraction of sp³-hybridized carbons (Fsp3) is 0.368. The van der Waals surface area contributed by atoms with Gasteiger partial charge in [0.05, 0.1) is 11.6 Å². The van der Waals surface area contributed by atoms with Crippen molar-refractivity contribution in [3.8, 4) is 0 Å². The first-order chi connectivity index (χ1) is 12.9. The molecule has 0 unspecified atom stereocenters. The third kappa shape index (κ3) is 4.05. The molecule has 7 nitrogen and oxygen atoms in total. The van der Waals surface area contributed by atoms with Crippen molar-refractivity contribution in [1.29, 1.82) is 0 Å². The Kier molecular flexibility index (Phi) is 5.65. The topological polar surface area (TPSA) is 96.6 Å². The highest BCUT2D eigenvalue weighted by molar-refractivity contribution is 7.92. The maximum Gasteiger partial charge on any atom is 0.265 e. The minimum Gasteiger partial charge on any atom is -0.369 e. The lowest BCUT2D eigenvalue weighted by Gasteiger charge is -2.32. The molecule has 0 aliphatic carbocycles. The quantitative estimate of drug-likeness (QED) is 0.816. The number of nitrogens with two attached hydrogens (primary N) is 1. The highest BCUT2D eigenvalue weighted by Crippen LogP contribution is 2.25. The maximum atomic E-state index is 13.0. The highest BCUT2D eigenvalue weighted by Gasteiger charge is 2.27. The summed E-state index contributed by atoms with van der Waals surface area (Å²) in [7, 11) is -3.70. The summed E-state index contributed by atoms with van der Waals surface area (Å²) in [6.45, 7) is 3.40. The molecule has 1 aromatic heterocycles. The van der Waals surface area contributed by atoms with Crippen molar-refractivity contribution in [3.63, 3.8) is 0 Å². The first-order valence-corrected chi connectivity index (χ1v) is 10.5. The van der Waals surface area contributed by atoms with Crippen LogP contribution in [0.5, 0.6) is 0 Å². The number of para-hydroxylation sites is 1. The van der Waals surface area contributed by atoms with Gasteiger partial charge in [-0.15, -0.1) is 0 Å². The number of hydrogen-bond donors (Lipinski definition) is 1. The zero-order valence-electron chi connectivity index (χ0n) is 15.3. The molecule has 0 saturated carbocycles. The molecule has 1 amide bonds. The Labute approximate surface area is 159 Å². The van der Waals surface area contributed by atoms with Gasteiger partial charge in [-0.2, -0.15) is 0 Å². The van der Waals surface area contributed by atoms with Crippen LogP contribution < -0.4 is 14.9 Å². The zero-order chi connectivity index (χ0) is 19.4. The molecule has 2 N–H and O–H groups in total. The third-order valence-electron chi connectivity index (χ3n) is 4.79. The molecule has 2 heterocycles. The van der Waals surface area contributed by atoms with Gasteiger partial charge in [-0.05, 0) is 44.0 Å². The van der Waals surface area contributed by atoms with E-state index in [2.05, 4.69) is 4.98 Å². The Morgan fingerprint density at radius 1 is 1.26 bits per heavy atom. The van der Waals surface area contributed by atoms with E-state index in [0.29, 0.717) is 24.6 Å². The largest absolute Gasteiger partial charge is 0.369 e. The molecule has 3 rings (SSSR count). The number of carbonyl (C=O) groups is 1. The van der Waals surface area contributed by atoms with Crippen molar-refractivity contribution in [2.75, 3.05) is 28.8 Å². The van der Waals surface area contributed by atoms with E-state index in [4.69, 9.17) is 5.73 Å². The molecule has 8 heteroatoms. The number of nitrogens with zero attached hydrogens (tertiary/aromatic N) is 3. The SMILES string of the molecule is CCN(c1ccccc1)S(=O)(=O)c1ccc(N2CCC[C@H](C(N)=O)C2)nc1. The number of anilines is 2. The van der Waals surface area contributed by atoms with E-state index in [0.717, 1.165) is 19.4 Å². The van der Waals surface area contributed by atoms with Gasteiger partial charge >= 0.3 is 0 Å². The fourth-order valence-electron chi connectivity index (χ4n) is 3.34. The van der Waals surface area contributed by atoms with Crippen LogP contribution in [0, 0.1) is 5.92 Å². The normalized spacial score (nSPS) is 17.5. The van der Waals surface area contributed by atoms with Gasteiger partial charge in [0.15, 0.2) is 0 Å². The predicted octanol–water partition coefficient (Wildman–Crippen LogP) is 2.00. The number of sulfonamides is 1. The third-order valence-corrected chi connectivity index (χ3v) is 6.67. The molecule has 1 aliphatic heterocycles. The molecule has 1 saturated heterocycles. The Bertz CT molecular complexity index is 885. The van der Waals surface area contributed by atoms with E-state index in [-0.39, 0.29) is 16.7 Å². The fourth-order valence-corrected chi connectivity index (χ4v) is 4.76. The van der Waals surface area contributed by atoms with Crippen molar-refractivity contribution in [1.82, 2.24) is 4.98 Å². The van der Waals surface area contributed by atoms with Crippen LogP contribution >= 0.6 is 0 Å². The smallest absolute Gasteiger partial charge is 0.265 e. The van der Waals surface area contributed by atoms with E-state index in [9.17, 15) is 13.2 Å². The van der Waals surface area contributed by atoms with Crippen LogP contribution in [-0.2, 0) is 14.8 Å². The number of primary amides is 1. The van der Waals surface area contributed by atoms with Crippen molar-refractivity contribution in [3.05, 3.63) is 48.7 Å². The van der Waals surface area contributed by atoms with Crippen LogP contribution in [0.4, 0.5) is 11.5 Å². The summed E-state index contributed by atoms with van der Waals surface area (Å²) in [5, 5.41) is 0. The predicted molar refractivity (Wildman–Crippen MR) is 105 cm³/mol. The molecule has 144 valence electrons. The lowest BCUT2D eigenvalue weighted by molar-refractivity contribution is -0.122. The van der Waals surface area contributed by atoms with Gasteiger partial charge in [-0.25, -0.2) is 13.4 Å². The van der Waals surface area contributed by atoms with E-state index in [1.807, 2.05) is 11.0 Å². The molecule has 1 atom stereocenters. The molecule has 1 fully saturated rings. The molecular formula is C19H24N4O3S. The Morgan fingerprint density at radius 3 is 2.59 bits per heavy atom. The molecule has 2 aromatic rings. The van der Waals surface area contributed by atoms with Crippen LogP contribution in [0.3, 0.4) is 0 Å². The van der Waals surface area contributed by atoms with Gasteiger partial charge in [0, 0.05) is 25.8 Å². The lowest BCUT2D eigenvalue weighted by Crippen LogP contribution is -2.41. The average molecular weight is 388 g/mol. The monoisotopic (exact) mass is 388 g/mol. The van der Waals surface area contributed by atoms with Crippen LogP contribution in [0.1, 0.15) is 19.8 Å². The van der Waals surface area contributed by atoms with Gasteiger partial charge in [-0.1, -0.05) is 18.2 Å². The number of pyridine rings is 1. The van der Waals surface area contributed by atoms with Crippen molar-refractivity contribution in [2.24, 2.45) is 11.7 Å². The number of rotatable bonds is 6. The number of piperidine rings is 1. The Hall–Kier alpha value is -2.61. The van der Waals surface area contributed by atoms with Crippen molar-refractivity contribution < 1.29 is 13.2 Å². The molecule has 27 heavy (non-hydrogen) atoms. The van der Waals surface area contributed by atoms with E-state index < -0.39 is 10.0 Å². The van der Waals surface area contributed by atoms with Gasteiger partial charge in [-0.3, -0.25) is 9.10 Å². The summed E-state index contributed by atoms with van der Waals surface area (Å²) in [4.78, 5) is 17.9. The minimum atomic E-state index is -3.70. The van der Waals surface area contributed by atoms with Gasteiger partial charge in [0.25, 0.3) is 10.0 Å². The number of carbonyl (C=O) groups excluding carboxylic acids is 1. The van der Waals surface area contributed by atoms with E-state index in [1.54, 1.807) is 43.3 Å². The lowest BCUT2D eigenvalue weighted by atomic mass is 9.97. The summed E-state index contributed by atoms with van der Waals surface area (Å²) in [6, 6.07) is 12.2. The number of aromatic nitrogens is 1. The second kappa shape index (κ2) is 7.96. The molecule has 1 aliphatic rings. The van der Waals surface area contributed by atoms with Crippen molar-refractivity contribution in [2.45, 2.75) is 24.7 Å². The number of benzene rings is 1. The number of hydrogen-bond acceptors (Lipinski definition) is 5. The second-order valence-corrected chi connectivity index (χ2v) is 8.41. The van der Waals surface area contributed by atoms with E-state index >= 15 is 0 Å². The summed E-state index contributed by atoms with van der Waals surface area (Å²) >= 11 is 0. The highest BCUT2D eigenvalue weighted by atomic mass is 32.2. The first-order valence-electron chi connectivity index (χ1n) is 9.01. The molecular weight excluding hydrogens is 364 g/mol. The average Bonchev–Trinajstić information content (AvgIpc) is 2.69. The van der Waals surface area contributed by atoms with Crippen LogP contribution in [0.15, 0.2) is 53.6 Å². The standard InChI is InChI=1S/C19H24N4O3S/c1-2-23(16-8-4-3-5-9-16)27(25,26)17-10-11-18(21-13-17)22-12-6-7-15(14-22)19(20)24/h3-5,8-11,13,15H,2,6-7,12,14H2,1H3,(H2,20,24)/t15-/m0/s1. The van der Waals surface area contributed by atoms with Gasteiger partial charge < -0.3 is 10.6 Å². The molecule has 0 bridgehead atoms. The summed E-state index contributed by atoms with van der Waals surface area (Å²) < 4.78 is 27.4. The second-order valence-electron chi connectivity index (χ2n) is 6.54. The van der Waals surface area contributed by atoms with Crippen LogP contribution in [0.25, 0.3) is 0 Å². The van der Waals surface area contributed by atoms with E-state index in [1.165, 1.54) is 10.5 Å². The maximum absolute atomic E-state index is 13.0. The van der Waals surface area contributed by atoms with Gasteiger partial charge in [0.1, 0.15) is 10.7 Å². The molecule has 0 radical (unpaired) electrons. The van der Waals surface area contributed by atoms with Gasteiger partial charge in [0.2, 0.25) is 5.91 Å². The summed E-state index contributed by atoms with van der Waals surface area (Å²) in [5.41, 5.74) is 6.04.